The Balaban J connectivity index is 1.85. The van der Waals surface area contributed by atoms with E-state index in [1.165, 1.54) is 11.3 Å². The molecule has 0 aliphatic rings. The van der Waals surface area contributed by atoms with Crippen molar-refractivity contribution in [3.63, 3.8) is 0 Å². The second-order valence-corrected chi connectivity index (χ2v) is 7.98. The molecule has 0 fully saturated rings. The number of aromatic amines is 1. The van der Waals surface area contributed by atoms with E-state index in [0.717, 1.165) is 42.7 Å². The lowest BCUT2D eigenvalue weighted by Gasteiger charge is -2.08. The summed E-state index contributed by atoms with van der Waals surface area (Å²) in [6, 6.07) is 14.0. The van der Waals surface area contributed by atoms with Crippen molar-refractivity contribution in [1.29, 1.82) is 0 Å². The predicted octanol–water partition coefficient (Wildman–Crippen LogP) is 5.44. The Morgan fingerprint density at radius 3 is 2.97 bits per heavy atom. The van der Waals surface area contributed by atoms with Gasteiger partial charge in [-0.2, -0.15) is 5.10 Å². The summed E-state index contributed by atoms with van der Waals surface area (Å²) in [7, 11) is 1.67. The van der Waals surface area contributed by atoms with E-state index in [4.69, 9.17) is 9.84 Å². The Bertz CT molecular complexity index is 1270. The van der Waals surface area contributed by atoms with Crippen LogP contribution in [0.4, 0.5) is 0 Å². The molecule has 0 atom stereocenters. The molecule has 4 aromatic rings. The van der Waals surface area contributed by atoms with E-state index >= 15 is 0 Å². The molecule has 2 heterocycles. The second kappa shape index (κ2) is 8.63. The van der Waals surface area contributed by atoms with Gasteiger partial charge in [0.15, 0.2) is 0 Å². The highest BCUT2D eigenvalue weighted by atomic mass is 79.9. The zero-order valence-electron chi connectivity index (χ0n) is 15.8. The Kier molecular flexibility index (Phi) is 5.78. The van der Waals surface area contributed by atoms with Crippen LogP contribution in [0.3, 0.4) is 0 Å². The van der Waals surface area contributed by atoms with Crippen molar-refractivity contribution in [3.05, 3.63) is 81.5 Å². The number of H-pyrrole nitrogens is 1. The van der Waals surface area contributed by atoms with E-state index in [0.29, 0.717) is 6.54 Å². The molecule has 0 saturated heterocycles. The molecule has 7 heteroatoms. The van der Waals surface area contributed by atoms with E-state index in [-0.39, 0.29) is 0 Å². The van der Waals surface area contributed by atoms with Gasteiger partial charge in [-0.15, -0.1) is 17.9 Å². The van der Waals surface area contributed by atoms with Crippen LogP contribution in [0.1, 0.15) is 5.56 Å². The van der Waals surface area contributed by atoms with Crippen molar-refractivity contribution >= 4 is 44.4 Å². The first-order chi connectivity index (χ1) is 14.2. The Hall–Kier alpha value is -2.90. The summed E-state index contributed by atoms with van der Waals surface area (Å²) in [6.45, 7) is 4.29. The SMILES string of the molecule is C=CCN=c1scc(-c2ccccc2OC)n1N=Cc1c[nH]c2ccc(Br)cc12. The highest BCUT2D eigenvalue weighted by molar-refractivity contribution is 9.10. The second-order valence-electron chi connectivity index (χ2n) is 6.22. The molecular formula is C22H19BrN4OS. The molecule has 0 saturated carbocycles. The summed E-state index contributed by atoms with van der Waals surface area (Å²) < 4.78 is 8.43. The average molecular weight is 467 g/mol. The maximum atomic E-state index is 5.55. The van der Waals surface area contributed by atoms with Gasteiger partial charge in [0.05, 0.1) is 25.6 Å². The van der Waals surface area contributed by atoms with E-state index < -0.39 is 0 Å². The monoisotopic (exact) mass is 466 g/mol. The van der Waals surface area contributed by atoms with Crippen molar-refractivity contribution in [1.82, 2.24) is 9.66 Å². The number of ether oxygens (including phenoxy) is 1. The molecule has 2 aromatic heterocycles. The molecule has 1 N–H and O–H groups in total. The van der Waals surface area contributed by atoms with Crippen LogP contribution >= 0.6 is 27.3 Å². The lowest BCUT2D eigenvalue weighted by atomic mass is 10.1. The fraction of sp³-hybridized carbons (Fsp3) is 0.0909. The fourth-order valence-electron chi connectivity index (χ4n) is 3.04. The van der Waals surface area contributed by atoms with Crippen molar-refractivity contribution in [2.24, 2.45) is 10.1 Å². The van der Waals surface area contributed by atoms with Gasteiger partial charge in [-0.1, -0.05) is 34.1 Å². The van der Waals surface area contributed by atoms with Crippen LogP contribution in [0, 0.1) is 0 Å². The van der Waals surface area contributed by atoms with Crippen LogP contribution in [0.2, 0.25) is 0 Å². The third-order valence-electron chi connectivity index (χ3n) is 4.41. The fourth-order valence-corrected chi connectivity index (χ4v) is 4.24. The van der Waals surface area contributed by atoms with Crippen LogP contribution in [0.15, 0.2) is 81.3 Å². The molecule has 2 aromatic carbocycles. The van der Waals surface area contributed by atoms with Crippen LogP contribution in [0.25, 0.3) is 22.2 Å². The maximum Gasteiger partial charge on any atom is 0.206 e. The lowest BCUT2D eigenvalue weighted by molar-refractivity contribution is 0.416. The molecule has 0 radical (unpaired) electrons. The highest BCUT2D eigenvalue weighted by Crippen LogP contribution is 2.30. The zero-order valence-corrected chi connectivity index (χ0v) is 18.2. The maximum absolute atomic E-state index is 5.55. The Morgan fingerprint density at radius 2 is 2.14 bits per heavy atom. The molecule has 0 bridgehead atoms. The van der Waals surface area contributed by atoms with Gasteiger partial charge in [0.25, 0.3) is 0 Å². The number of benzene rings is 2. The van der Waals surface area contributed by atoms with Crippen LogP contribution in [-0.4, -0.2) is 29.5 Å². The molecule has 0 aliphatic carbocycles. The molecule has 4 rings (SSSR count). The van der Waals surface area contributed by atoms with E-state index in [1.807, 2.05) is 58.9 Å². The number of fused-ring (bicyclic) bond motifs is 1. The summed E-state index contributed by atoms with van der Waals surface area (Å²) in [4.78, 5) is 8.67. The lowest BCUT2D eigenvalue weighted by Crippen LogP contribution is -2.12. The van der Waals surface area contributed by atoms with E-state index in [9.17, 15) is 0 Å². The number of thiazole rings is 1. The van der Waals surface area contributed by atoms with Crippen LogP contribution in [-0.2, 0) is 0 Å². The van der Waals surface area contributed by atoms with Gasteiger partial charge in [-0.25, -0.2) is 4.68 Å². The molecule has 29 heavy (non-hydrogen) atoms. The summed E-state index contributed by atoms with van der Waals surface area (Å²) >= 11 is 5.08. The first kappa shape index (κ1) is 19.4. The number of halogens is 1. The predicted molar refractivity (Wildman–Crippen MR) is 124 cm³/mol. The van der Waals surface area contributed by atoms with Gasteiger partial charge >= 0.3 is 0 Å². The number of rotatable bonds is 6. The number of nitrogens with zero attached hydrogens (tertiary/aromatic N) is 3. The average Bonchev–Trinajstić information content (AvgIpc) is 3.33. The third kappa shape index (κ3) is 3.97. The Morgan fingerprint density at radius 1 is 1.28 bits per heavy atom. The molecule has 0 unspecified atom stereocenters. The molecule has 0 amide bonds. The van der Waals surface area contributed by atoms with Crippen molar-refractivity contribution in [2.45, 2.75) is 0 Å². The number of hydrogen-bond donors (Lipinski definition) is 1. The minimum absolute atomic E-state index is 0.529. The van der Waals surface area contributed by atoms with Gasteiger partial charge in [0.1, 0.15) is 5.75 Å². The van der Waals surface area contributed by atoms with Crippen molar-refractivity contribution in [2.75, 3.05) is 13.7 Å². The molecule has 0 spiro atoms. The standard InChI is InChI=1S/C22H19BrN4OS/c1-3-10-24-22-27(20(14-29-22)17-6-4-5-7-21(17)28-2)26-13-15-12-25-19-9-8-16(23)11-18(15)19/h3-9,11-14,25H,1,10H2,2H3. The van der Waals surface area contributed by atoms with Crippen molar-refractivity contribution in [3.8, 4) is 17.0 Å². The smallest absolute Gasteiger partial charge is 0.206 e. The minimum Gasteiger partial charge on any atom is -0.496 e. The van der Waals surface area contributed by atoms with Gasteiger partial charge < -0.3 is 9.72 Å². The number of para-hydroxylation sites is 1. The van der Waals surface area contributed by atoms with Gasteiger partial charge in [0, 0.05) is 38.1 Å². The number of methoxy groups -OCH3 is 1. The topological polar surface area (TPSA) is 54.7 Å². The first-order valence-electron chi connectivity index (χ1n) is 8.97. The minimum atomic E-state index is 0.529. The van der Waals surface area contributed by atoms with Gasteiger partial charge in [0.2, 0.25) is 4.80 Å². The van der Waals surface area contributed by atoms with E-state index in [2.05, 4.69) is 38.6 Å². The molecule has 0 aliphatic heterocycles. The normalized spacial score (nSPS) is 12.1. The largest absolute Gasteiger partial charge is 0.496 e. The molecule has 146 valence electrons. The summed E-state index contributed by atoms with van der Waals surface area (Å²) in [5.74, 6) is 0.792. The number of nitrogens with one attached hydrogen (secondary N) is 1. The zero-order chi connectivity index (χ0) is 20.2. The quantitative estimate of drug-likeness (QED) is 0.298. The van der Waals surface area contributed by atoms with Crippen LogP contribution < -0.4 is 9.54 Å². The third-order valence-corrected chi connectivity index (χ3v) is 5.76. The summed E-state index contributed by atoms with van der Waals surface area (Å²) in [6.07, 6.45) is 5.58. The van der Waals surface area contributed by atoms with Gasteiger partial charge in [-0.05, 0) is 30.3 Å². The first-order valence-corrected chi connectivity index (χ1v) is 10.6. The summed E-state index contributed by atoms with van der Waals surface area (Å²) in [5, 5.41) is 7.92. The Labute approximate surface area is 180 Å². The van der Waals surface area contributed by atoms with Crippen molar-refractivity contribution < 1.29 is 4.74 Å². The summed E-state index contributed by atoms with van der Waals surface area (Å²) in [5.41, 5.74) is 3.95. The molecule has 5 nitrogen and oxygen atoms in total. The number of hydrogen-bond acceptors (Lipinski definition) is 4. The number of aromatic nitrogens is 2. The highest BCUT2D eigenvalue weighted by Gasteiger charge is 2.12. The van der Waals surface area contributed by atoms with Crippen LogP contribution in [0.5, 0.6) is 5.75 Å². The van der Waals surface area contributed by atoms with Gasteiger partial charge in [-0.3, -0.25) is 4.99 Å². The molecular weight excluding hydrogens is 448 g/mol. The van der Waals surface area contributed by atoms with E-state index in [1.54, 1.807) is 13.2 Å².